The van der Waals surface area contributed by atoms with E-state index in [2.05, 4.69) is 5.32 Å². The van der Waals surface area contributed by atoms with Crippen molar-refractivity contribution in [3.63, 3.8) is 0 Å². The first-order valence-corrected chi connectivity index (χ1v) is 10.7. The van der Waals surface area contributed by atoms with Crippen molar-refractivity contribution in [2.45, 2.75) is 13.8 Å². The number of nitrogens with zero attached hydrogens (tertiary/aromatic N) is 1. The summed E-state index contributed by atoms with van der Waals surface area (Å²) in [6, 6.07) is 16.3. The molecule has 1 aliphatic rings. The number of nitrogens with one attached hydrogen (secondary N) is 1. The van der Waals surface area contributed by atoms with Crippen molar-refractivity contribution in [1.82, 2.24) is 0 Å². The third-order valence-electron chi connectivity index (χ3n) is 4.85. The highest BCUT2D eigenvalue weighted by molar-refractivity contribution is 7.11. The van der Waals surface area contributed by atoms with Crippen molar-refractivity contribution >= 4 is 40.1 Å². The summed E-state index contributed by atoms with van der Waals surface area (Å²) in [6.45, 7) is 4.32. The zero-order chi connectivity index (χ0) is 22.0. The van der Waals surface area contributed by atoms with Crippen LogP contribution in [0.1, 0.15) is 17.4 Å². The molecule has 1 aromatic heterocycles. The summed E-state index contributed by atoms with van der Waals surface area (Å²) in [5.41, 5.74) is 2.64. The molecular formula is C24H22N2O4S. The molecule has 0 unspecified atom stereocenters. The quantitative estimate of drug-likeness (QED) is 0.538. The highest BCUT2D eigenvalue weighted by atomic mass is 32.1. The van der Waals surface area contributed by atoms with Crippen LogP contribution in [0.4, 0.5) is 11.4 Å². The van der Waals surface area contributed by atoms with Crippen molar-refractivity contribution in [1.29, 1.82) is 0 Å². The second kappa shape index (κ2) is 8.65. The number of anilines is 2. The van der Waals surface area contributed by atoms with Crippen LogP contribution in [0.25, 0.3) is 5.57 Å². The second-order valence-electron chi connectivity index (χ2n) is 6.93. The van der Waals surface area contributed by atoms with E-state index in [4.69, 9.17) is 9.47 Å². The van der Waals surface area contributed by atoms with Crippen molar-refractivity contribution in [2.75, 3.05) is 23.9 Å². The van der Waals surface area contributed by atoms with E-state index in [1.165, 1.54) is 16.2 Å². The molecule has 0 saturated heterocycles. The molecule has 0 atom stereocenters. The van der Waals surface area contributed by atoms with Gasteiger partial charge in [0, 0.05) is 10.9 Å². The summed E-state index contributed by atoms with van der Waals surface area (Å²) >= 11 is 1.41. The van der Waals surface area contributed by atoms with Crippen molar-refractivity contribution in [3.8, 4) is 11.5 Å². The predicted octanol–water partition coefficient (Wildman–Crippen LogP) is 4.86. The third kappa shape index (κ3) is 3.92. The number of methoxy groups -OCH3 is 1. The van der Waals surface area contributed by atoms with Gasteiger partial charge in [-0.05, 0) is 55.1 Å². The monoisotopic (exact) mass is 434 g/mol. The third-order valence-corrected chi connectivity index (χ3v) is 5.74. The lowest BCUT2D eigenvalue weighted by molar-refractivity contribution is -0.120. The van der Waals surface area contributed by atoms with Gasteiger partial charge in [-0.3, -0.25) is 9.59 Å². The smallest absolute Gasteiger partial charge is 0.282 e. The van der Waals surface area contributed by atoms with Gasteiger partial charge in [0.2, 0.25) is 0 Å². The number of hydrogen-bond acceptors (Lipinski definition) is 6. The molecule has 7 heteroatoms. The van der Waals surface area contributed by atoms with Crippen molar-refractivity contribution < 1.29 is 19.1 Å². The number of benzene rings is 2. The average Bonchev–Trinajstić information content (AvgIpc) is 3.35. The van der Waals surface area contributed by atoms with Crippen LogP contribution in [-0.4, -0.2) is 25.5 Å². The number of carbonyl (C=O) groups excluding carboxylic acids is 2. The van der Waals surface area contributed by atoms with Crippen LogP contribution >= 0.6 is 11.3 Å². The van der Waals surface area contributed by atoms with Crippen molar-refractivity contribution in [3.05, 3.63) is 76.1 Å². The summed E-state index contributed by atoms with van der Waals surface area (Å²) in [5, 5.41) is 5.06. The Kier molecular flexibility index (Phi) is 5.77. The number of carbonyl (C=O) groups is 2. The van der Waals surface area contributed by atoms with Gasteiger partial charge in [0.25, 0.3) is 11.8 Å². The molecule has 158 valence electrons. The molecule has 1 aliphatic heterocycles. The van der Waals surface area contributed by atoms with Crippen LogP contribution in [0, 0.1) is 6.92 Å². The van der Waals surface area contributed by atoms with Gasteiger partial charge in [0.15, 0.2) is 0 Å². The maximum atomic E-state index is 13.5. The Morgan fingerprint density at radius 2 is 1.87 bits per heavy atom. The van der Waals surface area contributed by atoms with E-state index in [1.54, 1.807) is 31.4 Å². The average molecular weight is 435 g/mol. The normalized spacial score (nSPS) is 13.7. The van der Waals surface area contributed by atoms with E-state index in [-0.39, 0.29) is 11.6 Å². The molecule has 2 aromatic carbocycles. The maximum Gasteiger partial charge on any atom is 0.282 e. The lowest BCUT2D eigenvalue weighted by Gasteiger charge is -2.17. The van der Waals surface area contributed by atoms with E-state index in [1.807, 2.05) is 49.6 Å². The molecule has 1 N–H and O–H groups in total. The lowest BCUT2D eigenvalue weighted by atomic mass is 10.1. The van der Waals surface area contributed by atoms with Crippen LogP contribution < -0.4 is 19.7 Å². The molecule has 0 bridgehead atoms. The number of rotatable bonds is 7. The Balaban J connectivity index is 1.80. The van der Waals surface area contributed by atoms with E-state index in [9.17, 15) is 9.59 Å². The molecule has 0 radical (unpaired) electrons. The Morgan fingerprint density at radius 1 is 1.03 bits per heavy atom. The van der Waals surface area contributed by atoms with E-state index < -0.39 is 5.91 Å². The fourth-order valence-electron chi connectivity index (χ4n) is 3.46. The number of amides is 2. The highest BCUT2D eigenvalue weighted by Crippen LogP contribution is 2.38. The first kappa shape index (κ1) is 20.7. The van der Waals surface area contributed by atoms with Crippen LogP contribution in [0.3, 0.4) is 0 Å². The number of ether oxygens (including phenoxy) is 2. The van der Waals surface area contributed by atoms with Gasteiger partial charge < -0.3 is 14.8 Å². The molecule has 6 nitrogen and oxygen atoms in total. The second-order valence-corrected chi connectivity index (χ2v) is 7.88. The molecule has 0 saturated carbocycles. The van der Waals surface area contributed by atoms with Crippen LogP contribution in [0.15, 0.2) is 65.7 Å². The minimum absolute atomic E-state index is 0.221. The van der Waals surface area contributed by atoms with Gasteiger partial charge in [-0.25, -0.2) is 4.90 Å². The number of imide groups is 1. The largest absolute Gasteiger partial charge is 0.495 e. The topological polar surface area (TPSA) is 67.9 Å². The fourth-order valence-corrected chi connectivity index (χ4v) is 4.23. The van der Waals surface area contributed by atoms with E-state index in [0.717, 1.165) is 10.4 Å². The van der Waals surface area contributed by atoms with Gasteiger partial charge in [0.1, 0.15) is 17.2 Å². The summed E-state index contributed by atoms with van der Waals surface area (Å²) in [6.07, 6.45) is 0. The van der Waals surface area contributed by atoms with Crippen LogP contribution in [0.5, 0.6) is 11.5 Å². The minimum Gasteiger partial charge on any atom is -0.495 e. The Morgan fingerprint density at radius 3 is 2.58 bits per heavy atom. The van der Waals surface area contributed by atoms with Gasteiger partial charge in [-0.15, -0.1) is 11.3 Å². The Bertz CT molecular complexity index is 1170. The van der Waals surface area contributed by atoms with Gasteiger partial charge >= 0.3 is 0 Å². The molecule has 2 heterocycles. The van der Waals surface area contributed by atoms with Crippen molar-refractivity contribution in [2.24, 2.45) is 0 Å². The van der Waals surface area contributed by atoms with E-state index >= 15 is 0 Å². The van der Waals surface area contributed by atoms with Gasteiger partial charge in [-0.1, -0.05) is 18.2 Å². The molecule has 2 amide bonds. The SMILES string of the molecule is CCOc1cccc(N2C(=O)C(Nc3cc(C)ccc3OC)=C(c3cccs3)C2=O)c1. The summed E-state index contributed by atoms with van der Waals surface area (Å²) in [5.74, 6) is 0.376. The summed E-state index contributed by atoms with van der Waals surface area (Å²) in [7, 11) is 1.57. The first-order valence-electron chi connectivity index (χ1n) is 9.85. The van der Waals surface area contributed by atoms with Crippen LogP contribution in [-0.2, 0) is 9.59 Å². The molecule has 0 fully saturated rings. The van der Waals surface area contributed by atoms with Crippen LogP contribution in [0.2, 0.25) is 0 Å². The summed E-state index contributed by atoms with van der Waals surface area (Å²) in [4.78, 5) is 28.8. The molecule has 0 aliphatic carbocycles. The van der Waals surface area contributed by atoms with Gasteiger partial charge in [0.05, 0.1) is 30.7 Å². The predicted molar refractivity (Wildman–Crippen MR) is 123 cm³/mol. The van der Waals surface area contributed by atoms with Gasteiger partial charge in [-0.2, -0.15) is 0 Å². The number of aryl methyl sites for hydroxylation is 1. The zero-order valence-corrected chi connectivity index (χ0v) is 18.3. The summed E-state index contributed by atoms with van der Waals surface area (Å²) < 4.78 is 11.0. The number of hydrogen-bond donors (Lipinski definition) is 1. The molecule has 3 aromatic rings. The maximum absolute atomic E-state index is 13.5. The fraction of sp³-hybridized carbons (Fsp3) is 0.167. The number of thiophene rings is 1. The molecule has 0 spiro atoms. The zero-order valence-electron chi connectivity index (χ0n) is 17.5. The first-order chi connectivity index (χ1) is 15.0. The molecule has 31 heavy (non-hydrogen) atoms. The minimum atomic E-state index is -0.425. The Labute approximate surface area is 184 Å². The molecular weight excluding hydrogens is 412 g/mol. The lowest BCUT2D eigenvalue weighted by Crippen LogP contribution is -2.32. The Hall–Kier alpha value is -3.58. The molecule has 4 rings (SSSR count). The highest BCUT2D eigenvalue weighted by Gasteiger charge is 2.41. The standard InChI is InChI=1S/C24H22N2O4S/c1-4-30-17-8-5-7-16(14-17)26-23(27)21(20-9-6-12-31-20)22(24(26)28)25-18-13-15(2)10-11-19(18)29-3/h5-14,25H,4H2,1-3H3. The van der Waals surface area contributed by atoms with E-state index in [0.29, 0.717) is 35.1 Å².